The summed E-state index contributed by atoms with van der Waals surface area (Å²) in [5, 5.41) is 8.67. The van der Waals surface area contributed by atoms with Gasteiger partial charge in [-0.25, -0.2) is 0 Å². The van der Waals surface area contributed by atoms with Crippen LogP contribution < -0.4 is 0 Å². The molecular weight excluding hydrogens is 265 g/mol. The standard InChI is InChI=1S/C12H13F3O2S/c1-8(11(16)17)6-18-7-9-2-4-10(5-3-9)12(13,14)15/h2-5,8H,6-7H2,1H3,(H,16,17). The van der Waals surface area contributed by atoms with Crippen molar-refractivity contribution in [2.75, 3.05) is 5.75 Å². The Labute approximate surface area is 107 Å². The topological polar surface area (TPSA) is 37.3 Å². The van der Waals surface area contributed by atoms with E-state index in [0.717, 1.165) is 17.7 Å². The molecule has 18 heavy (non-hydrogen) atoms. The van der Waals surface area contributed by atoms with Crippen LogP contribution in [0.3, 0.4) is 0 Å². The van der Waals surface area contributed by atoms with Crippen molar-refractivity contribution in [1.82, 2.24) is 0 Å². The van der Waals surface area contributed by atoms with Crippen LogP contribution in [0.5, 0.6) is 0 Å². The predicted octanol–water partition coefficient (Wildman–Crippen LogP) is 3.66. The normalized spacial score (nSPS) is 13.3. The van der Waals surface area contributed by atoms with Crippen LogP contribution in [-0.4, -0.2) is 16.8 Å². The zero-order valence-corrected chi connectivity index (χ0v) is 10.5. The molecule has 1 unspecified atom stereocenters. The van der Waals surface area contributed by atoms with Crippen molar-refractivity contribution in [3.63, 3.8) is 0 Å². The fraction of sp³-hybridized carbons (Fsp3) is 0.417. The van der Waals surface area contributed by atoms with Gasteiger partial charge in [0.05, 0.1) is 11.5 Å². The first kappa shape index (κ1) is 14.9. The molecule has 0 bridgehead atoms. The summed E-state index contributed by atoms with van der Waals surface area (Å²) in [5.74, 6) is -0.370. The van der Waals surface area contributed by atoms with Crippen LogP contribution >= 0.6 is 11.8 Å². The Morgan fingerprint density at radius 2 is 1.89 bits per heavy atom. The molecule has 0 saturated carbocycles. The van der Waals surface area contributed by atoms with Gasteiger partial charge in [0.15, 0.2) is 0 Å². The lowest BCUT2D eigenvalue weighted by molar-refractivity contribution is -0.140. The molecule has 0 spiro atoms. The lowest BCUT2D eigenvalue weighted by atomic mass is 10.1. The van der Waals surface area contributed by atoms with Gasteiger partial charge in [-0.2, -0.15) is 24.9 Å². The summed E-state index contributed by atoms with van der Waals surface area (Å²) in [5.41, 5.74) is 0.0840. The van der Waals surface area contributed by atoms with Crippen LogP contribution in [-0.2, 0) is 16.7 Å². The van der Waals surface area contributed by atoms with Crippen molar-refractivity contribution in [1.29, 1.82) is 0 Å². The summed E-state index contributed by atoms with van der Waals surface area (Å²) < 4.78 is 36.9. The van der Waals surface area contributed by atoms with Gasteiger partial charge in [0.1, 0.15) is 0 Å². The number of hydrogen-bond donors (Lipinski definition) is 1. The van der Waals surface area contributed by atoms with Crippen molar-refractivity contribution < 1.29 is 23.1 Å². The second kappa shape index (κ2) is 6.13. The number of carboxylic acid groups (broad SMARTS) is 1. The van der Waals surface area contributed by atoms with Gasteiger partial charge in [0.2, 0.25) is 0 Å². The van der Waals surface area contributed by atoms with E-state index in [0.29, 0.717) is 11.5 Å². The second-order valence-corrected chi connectivity index (χ2v) is 4.98. The summed E-state index contributed by atoms with van der Waals surface area (Å²) in [7, 11) is 0. The average Bonchev–Trinajstić information content (AvgIpc) is 2.28. The SMILES string of the molecule is CC(CSCc1ccc(C(F)(F)F)cc1)C(=O)O. The molecule has 0 amide bonds. The Bertz CT molecular complexity index is 401. The number of carboxylic acids is 1. The largest absolute Gasteiger partial charge is 0.481 e. The Hall–Kier alpha value is -1.17. The van der Waals surface area contributed by atoms with E-state index in [9.17, 15) is 18.0 Å². The molecule has 1 atom stereocenters. The monoisotopic (exact) mass is 278 g/mol. The summed E-state index contributed by atoms with van der Waals surface area (Å²) in [6.07, 6.45) is -4.32. The van der Waals surface area contributed by atoms with E-state index in [4.69, 9.17) is 5.11 Å². The quantitative estimate of drug-likeness (QED) is 0.893. The van der Waals surface area contributed by atoms with E-state index in [1.54, 1.807) is 6.92 Å². The van der Waals surface area contributed by atoms with E-state index in [-0.39, 0.29) is 0 Å². The van der Waals surface area contributed by atoms with Crippen molar-refractivity contribution in [2.24, 2.45) is 5.92 Å². The molecule has 0 aromatic heterocycles. The Kier molecular flexibility index (Phi) is 5.07. The van der Waals surface area contributed by atoms with E-state index < -0.39 is 23.6 Å². The van der Waals surface area contributed by atoms with Crippen LogP contribution in [0.2, 0.25) is 0 Å². The van der Waals surface area contributed by atoms with E-state index in [1.165, 1.54) is 23.9 Å². The van der Waals surface area contributed by atoms with Gasteiger partial charge < -0.3 is 5.11 Å². The number of thioether (sulfide) groups is 1. The molecule has 0 radical (unpaired) electrons. The highest BCUT2D eigenvalue weighted by atomic mass is 32.2. The molecule has 100 valence electrons. The first-order chi connectivity index (χ1) is 8.30. The van der Waals surface area contributed by atoms with Crippen LogP contribution in [0.25, 0.3) is 0 Å². The fourth-order valence-corrected chi connectivity index (χ4v) is 2.26. The highest BCUT2D eigenvalue weighted by molar-refractivity contribution is 7.98. The van der Waals surface area contributed by atoms with Gasteiger partial charge in [-0.05, 0) is 17.7 Å². The number of halogens is 3. The smallest absolute Gasteiger partial charge is 0.416 e. The lowest BCUT2D eigenvalue weighted by Gasteiger charge is -2.08. The Morgan fingerprint density at radius 3 is 2.33 bits per heavy atom. The maximum Gasteiger partial charge on any atom is 0.416 e. The molecule has 0 fully saturated rings. The van der Waals surface area contributed by atoms with Crippen LogP contribution in [0.15, 0.2) is 24.3 Å². The summed E-state index contributed by atoms with van der Waals surface area (Å²) in [6.45, 7) is 1.60. The van der Waals surface area contributed by atoms with Crippen LogP contribution in [0, 0.1) is 5.92 Å². The molecule has 0 heterocycles. The molecule has 6 heteroatoms. The minimum Gasteiger partial charge on any atom is -0.481 e. The Morgan fingerprint density at radius 1 is 1.33 bits per heavy atom. The number of carbonyl (C=O) groups is 1. The predicted molar refractivity (Wildman–Crippen MR) is 64.4 cm³/mol. The third-order valence-electron chi connectivity index (χ3n) is 2.34. The fourth-order valence-electron chi connectivity index (χ4n) is 1.21. The molecule has 0 aliphatic rings. The van der Waals surface area contributed by atoms with Gasteiger partial charge in [0, 0.05) is 11.5 Å². The van der Waals surface area contributed by atoms with Crippen LogP contribution in [0.4, 0.5) is 13.2 Å². The van der Waals surface area contributed by atoms with Crippen molar-refractivity contribution >= 4 is 17.7 Å². The molecule has 1 N–H and O–H groups in total. The van der Waals surface area contributed by atoms with Gasteiger partial charge in [-0.1, -0.05) is 19.1 Å². The van der Waals surface area contributed by atoms with Crippen molar-refractivity contribution in [3.05, 3.63) is 35.4 Å². The van der Waals surface area contributed by atoms with Crippen molar-refractivity contribution in [3.8, 4) is 0 Å². The first-order valence-electron chi connectivity index (χ1n) is 5.27. The molecule has 0 saturated heterocycles. The number of hydrogen-bond acceptors (Lipinski definition) is 2. The summed E-state index contributed by atoms with van der Waals surface area (Å²) in [4.78, 5) is 10.6. The molecule has 0 aliphatic heterocycles. The van der Waals surface area contributed by atoms with Crippen molar-refractivity contribution in [2.45, 2.75) is 18.9 Å². The highest BCUT2D eigenvalue weighted by Gasteiger charge is 2.29. The van der Waals surface area contributed by atoms with Gasteiger partial charge >= 0.3 is 12.1 Å². The first-order valence-corrected chi connectivity index (χ1v) is 6.43. The number of aliphatic carboxylic acids is 1. The molecular formula is C12H13F3O2S. The van der Waals surface area contributed by atoms with Gasteiger partial charge in [-0.3, -0.25) is 4.79 Å². The van der Waals surface area contributed by atoms with E-state index >= 15 is 0 Å². The maximum atomic E-state index is 12.3. The van der Waals surface area contributed by atoms with Gasteiger partial charge in [0.25, 0.3) is 0 Å². The minimum absolute atomic E-state index is 0.441. The third kappa shape index (κ3) is 4.60. The second-order valence-electron chi connectivity index (χ2n) is 3.95. The van der Waals surface area contributed by atoms with E-state index in [1.807, 2.05) is 0 Å². The van der Waals surface area contributed by atoms with Gasteiger partial charge in [-0.15, -0.1) is 0 Å². The molecule has 1 rings (SSSR count). The lowest BCUT2D eigenvalue weighted by Crippen LogP contribution is -2.11. The third-order valence-corrected chi connectivity index (χ3v) is 3.61. The van der Waals surface area contributed by atoms with Crippen LogP contribution in [0.1, 0.15) is 18.1 Å². The molecule has 0 aliphatic carbocycles. The number of alkyl halides is 3. The zero-order valence-electron chi connectivity index (χ0n) is 9.70. The number of rotatable bonds is 5. The Balaban J connectivity index is 2.47. The minimum atomic E-state index is -4.32. The highest BCUT2D eigenvalue weighted by Crippen LogP contribution is 2.29. The van der Waals surface area contributed by atoms with E-state index in [2.05, 4.69) is 0 Å². The molecule has 2 nitrogen and oxygen atoms in total. The summed E-state index contributed by atoms with van der Waals surface area (Å²) in [6, 6.07) is 4.91. The number of benzene rings is 1. The summed E-state index contributed by atoms with van der Waals surface area (Å²) >= 11 is 1.39. The zero-order chi connectivity index (χ0) is 13.8. The molecule has 1 aromatic carbocycles. The maximum absolute atomic E-state index is 12.3. The average molecular weight is 278 g/mol. The molecule has 1 aromatic rings.